The maximum atomic E-state index is 11.5. The van der Waals surface area contributed by atoms with Crippen LogP contribution in [0.3, 0.4) is 0 Å². The molecule has 0 unspecified atom stereocenters. The highest BCUT2D eigenvalue weighted by molar-refractivity contribution is 9.10. The summed E-state index contributed by atoms with van der Waals surface area (Å²) >= 11 is 8.35. The van der Waals surface area contributed by atoms with Gasteiger partial charge in [-0.1, -0.05) is 12.2 Å². The van der Waals surface area contributed by atoms with Crippen molar-refractivity contribution in [1.82, 2.24) is 5.32 Å². The first kappa shape index (κ1) is 14.9. The minimum atomic E-state index is -0.00505. The van der Waals surface area contributed by atoms with Crippen LogP contribution in [-0.2, 0) is 4.79 Å². The molecule has 0 aromatic heterocycles. The fourth-order valence-corrected chi connectivity index (χ4v) is 2.39. The summed E-state index contributed by atoms with van der Waals surface area (Å²) in [6.45, 7) is 2.84. The Bertz CT molecular complexity index is 465. The van der Waals surface area contributed by atoms with Gasteiger partial charge in [0.25, 0.3) is 0 Å². The summed E-state index contributed by atoms with van der Waals surface area (Å²) < 4.78 is 0.829. The fraction of sp³-hybridized carbons (Fsp3) is 0.333. The molecule has 0 aliphatic carbocycles. The SMILES string of the molecule is CCNC(=O)CN(C)c1ccc(C(N)=S)c(Br)c1. The predicted molar refractivity (Wildman–Crippen MR) is 82.0 cm³/mol. The van der Waals surface area contributed by atoms with Crippen LogP contribution in [0.4, 0.5) is 5.69 Å². The Hall–Kier alpha value is -1.14. The molecular weight excluding hydrogens is 314 g/mol. The van der Waals surface area contributed by atoms with E-state index in [1.54, 1.807) is 0 Å². The second kappa shape index (κ2) is 6.70. The number of hydrogen-bond acceptors (Lipinski definition) is 3. The van der Waals surface area contributed by atoms with Crippen LogP contribution in [0.15, 0.2) is 22.7 Å². The normalized spacial score (nSPS) is 9.94. The number of carbonyl (C=O) groups is 1. The van der Waals surface area contributed by atoms with Crippen LogP contribution < -0.4 is 16.0 Å². The number of carbonyl (C=O) groups excluding carboxylic acids is 1. The maximum absolute atomic E-state index is 11.5. The van der Waals surface area contributed by atoms with Crippen LogP contribution in [0.2, 0.25) is 0 Å². The molecule has 0 radical (unpaired) electrons. The summed E-state index contributed by atoms with van der Waals surface area (Å²) in [5.41, 5.74) is 7.30. The van der Waals surface area contributed by atoms with Gasteiger partial charge < -0.3 is 16.0 Å². The molecule has 0 spiro atoms. The number of nitrogens with two attached hydrogens (primary N) is 1. The minimum Gasteiger partial charge on any atom is -0.389 e. The molecule has 0 heterocycles. The summed E-state index contributed by atoms with van der Waals surface area (Å²) in [5.74, 6) is -0.00505. The fourth-order valence-electron chi connectivity index (χ4n) is 1.50. The lowest BCUT2D eigenvalue weighted by Gasteiger charge is -2.19. The predicted octanol–water partition coefficient (Wildman–Crippen LogP) is 1.66. The number of likely N-dealkylation sites (N-methyl/N-ethyl adjacent to an activating group) is 2. The monoisotopic (exact) mass is 329 g/mol. The molecule has 1 rings (SSSR count). The molecule has 1 aromatic rings. The molecule has 0 aliphatic rings. The zero-order valence-corrected chi connectivity index (χ0v) is 12.8. The minimum absolute atomic E-state index is 0.00505. The van der Waals surface area contributed by atoms with Gasteiger partial charge in [-0.05, 0) is 41.1 Å². The first-order valence-electron chi connectivity index (χ1n) is 5.53. The molecule has 0 bridgehead atoms. The van der Waals surface area contributed by atoms with Crippen LogP contribution in [0.1, 0.15) is 12.5 Å². The quantitative estimate of drug-likeness (QED) is 0.806. The second-order valence-corrected chi connectivity index (χ2v) is 5.13. The molecule has 0 fully saturated rings. The molecular formula is C12H16BrN3OS. The largest absolute Gasteiger partial charge is 0.389 e. The molecule has 1 amide bonds. The van der Waals surface area contributed by atoms with E-state index in [0.717, 1.165) is 15.7 Å². The zero-order valence-electron chi connectivity index (χ0n) is 10.4. The van der Waals surface area contributed by atoms with Gasteiger partial charge >= 0.3 is 0 Å². The standard InChI is InChI=1S/C12H16BrN3OS/c1-3-15-11(17)7-16(2)8-4-5-9(12(14)18)10(13)6-8/h4-6H,3,7H2,1-2H3,(H2,14,18)(H,15,17). The summed E-state index contributed by atoms with van der Waals surface area (Å²) in [5, 5.41) is 2.76. The number of amides is 1. The van der Waals surface area contributed by atoms with Gasteiger partial charge in [-0.25, -0.2) is 0 Å². The first-order valence-corrected chi connectivity index (χ1v) is 6.73. The lowest BCUT2D eigenvalue weighted by Crippen LogP contribution is -2.34. The molecule has 0 saturated heterocycles. The van der Waals surface area contributed by atoms with Crippen molar-refractivity contribution in [2.45, 2.75) is 6.92 Å². The van der Waals surface area contributed by atoms with Crippen LogP contribution >= 0.6 is 28.1 Å². The smallest absolute Gasteiger partial charge is 0.239 e. The molecule has 0 aliphatic heterocycles. The number of nitrogens with zero attached hydrogens (tertiary/aromatic N) is 1. The van der Waals surface area contributed by atoms with Gasteiger partial charge in [0.1, 0.15) is 4.99 Å². The van der Waals surface area contributed by atoms with E-state index in [2.05, 4.69) is 21.2 Å². The number of rotatable bonds is 5. The van der Waals surface area contributed by atoms with Crippen molar-refractivity contribution in [2.75, 3.05) is 25.0 Å². The van der Waals surface area contributed by atoms with Gasteiger partial charge in [0.2, 0.25) is 5.91 Å². The van der Waals surface area contributed by atoms with Gasteiger partial charge in [0.05, 0.1) is 6.54 Å². The number of nitrogens with one attached hydrogen (secondary N) is 1. The molecule has 98 valence electrons. The zero-order chi connectivity index (χ0) is 13.7. The van der Waals surface area contributed by atoms with Crippen molar-refractivity contribution in [3.63, 3.8) is 0 Å². The second-order valence-electron chi connectivity index (χ2n) is 3.84. The van der Waals surface area contributed by atoms with Gasteiger partial charge in [-0.2, -0.15) is 0 Å². The first-order chi connectivity index (χ1) is 8.45. The Morgan fingerprint density at radius 3 is 2.72 bits per heavy atom. The molecule has 1 aromatic carbocycles. The van der Waals surface area contributed by atoms with E-state index in [1.807, 2.05) is 37.1 Å². The summed E-state index contributed by atoms with van der Waals surface area (Å²) in [4.78, 5) is 13.7. The number of halogens is 1. The highest BCUT2D eigenvalue weighted by atomic mass is 79.9. The van der Waals surface area contributed by atoms with Crippen LogP contribution in [0.5, 0.6) is 0 Å². The Morgan fingerprint density at radius 1 is 1.56 bits per heavy atom. The molecule has 0 atom stereocenters. The number of thiocarbonyl (C=S) groups is 1. The van der Waals surface area contributed by atoms with Crippen molar-refractivity contribution >= 4 is 44.7 Å². The molecule has 6 heteroatoms. The Kier molecular flexibility index (Phi) is 5.55. The maximum Gasteiger partial charge on any atom is 0.239 e. The summed E-state index contributed by atoms with van der Waals surface area (Å²) in [7, 11) is 1.86. The van der Waals surface area contributed by atoms with E-state index >= 15 is 0 Å². The average molecular weight is 330 g/mol. The van der Waals surface area contributed by atoms with E-state index < -0.39 is 0 Å². The van der Waals surface area contributed by atoms with E-state index in [-0.39, 0.29) is 5.91 Å². The summed E-state index contributed by atoms with van der Waals surface area (Å²) in [6.07, 6.45) is 0. The third-order valence-electron chi connectivity index (χ3n) is 2.41. The van der Waals surface area contributed by atoms with Gasteiger partial charge in [-0.3, -0.25) is 4.79 Å². The van der Waals surface area contributed by atoms with Gasteiger partial charge in [0, 0.05) is 29.3 Å². The van der Waals surface area contributed by atoms with Crippen molar-refractivity contribution in [2.24, 2.45) is 5.73 Å². The van der Waals surface area contributed by atoms with Crippen molar-refractivity contribution in [3.05, 3.63) is 28.2 Å². The van der Waals surface area contributed by atoms with Crippen molar-refractivity contribution in [3.8, 4) is 0 Å². The van der Waals surface area contributed by atoms with Crippen molar-refractivity contribution < 1.29 is 4.79 Å². The van der Waals surface area contributed by atoms with E-state index in [9.17, 15) is 4.79 Å². The molecule has 18 heavy (non-hydrogen) atoms. The number of benzene rings is 1. The topological polar surface area (TPSA) is 58.4 Å². The van der Waals surface area contributed by atoms with E-state index in [4.69, 9.17) is 18.0 Å². The number of hydrogen-bond donors (Lipinski definition) is 2. The van der Waals surface area contributed by atoms with Crippen molar-refractivity contribution in [1.29, 1.82) is 0 Å². The third-order valence-corrected chi connectivity index (χ3v) is 3.29. The molecule has 0 saturated carbocycles. The van der Waals surface area contributed by atoms with Crippen LogP contribution in [0.25, 0.3) is 0 Å². The summed E-state index contributed by atoms with van der Waals surface area (Å²) in [6, 6.07) is 5.63. The Balaban J connectivity index is 2.81. The van der Waals surface area contributed by atoms with Crippen LogP contribution in [0, 0.1) is 0 Å². The third kappa shape index (κ3) is 3.96. The lowest BCUT2D eigenvalue weighted by atomic mass is 10.2. The Labute approximate surface area is 121 Å². The lowest BCUT2D eigenvalue weighted by molar-refractivity contribution is -0.119. The average Bonchev–Trinajstić information content (AvgIpc) is 2.28. The van der Waals surface area contributed by atoms with Gasteiger partial charge in [-0.15, -0.1) is 0 Å². The highest BCUT2D eigenvalue weighted by Crippen LogP contribution is 2.23. The Morgan fingerprint density at radius 2 is 2.22 bits per heavy atom. The molecule has 4 nitrogen and oxygen atoms in total. The van der Waals surface area contributed by atoms with Crippen LogP contribution in [-0.4, -0.2) is 31.0 Å². The van der Waals surface area contributed by atoms with Gasteiger partial charge in [0.15, 0.2) is 0 Å². The number of anilines is 1. The van der Waals surface area contributed by atoms with E-state index in [1.165, 1.54) is 0 Å². The van der Waals surface area contributed by atoms with E-state index in [0.29, 0.717) is 18.1 Å². The highest BCUT2D eigenvalue weighted by Gasteiger charge is 2.09. The molecule has 3 N–H and O–H groups in total.